The maximum Gasteiger partial charge on any atom is 0.234 e. The molecule has 0 radical (unpaired) electrons. The first-order valence-corrected chi connectivity index (χ1v) is 6.69. The van der Waals surface area contributed by atoms with Crippen molar-refractivity contribution in [2.24, 2.45) is 11.1 Å². The third-order valence-corrected chi connectivity index (χ3v) is 4.34. The summed E-state index contributed by atoms with van der Waals surface area (Å²) in [6, 6.07) is -0.186. The Morgan fingerprint density at radius 3 is 2.47 bits per heavy atom. The van der Waals surface area contributed by atoms with Gasteiger partial charge in [-0.1, -0.05) is 20.3 Å². The number of carbonyl (C=O) groups is 1. The Kier molecular flexibility index (Phi) is 5.40. The first-order valence-electron chi connectivity index (χ1n) is 6.69. The number of nitrogens with two attached hydrogens (primary N) is 1. The van der Waals surface area contributed by atoms with E-state index in [2.05, 4.69) is 24.1 Å². The Balaban J connectivity index is 2.29. The number of piperidine rings is 1. The number of carbonyl (C=O) groups excluding carboxylic acids is 1. The van der Waals surface area contributed by atoms with E-state index in [0.29, 0.717) is 5.41 Å². The normalized spacial score (nSPS) is 22.3. The van der Waals surface area contributed by atoms with Gasteiger partial charge in [0.1, 0.15) is 0 Å². The van der Waals surface area contributed by atoms with Gasteiger partial charge in [-0.05, 0) is 44.8 Å². The highest BCUT2D eigenvalue weighted by Gasteiger charge is 2.28. The van der Waals surface area contributed by atoms with E-state index in [1.165, 1.54) is 19.3 Å². The number of rotatable bonds is 6. The van der Waals surface area contributed by atoms with Gasteiger partial charge in [-0.15, -0.1) is 0 Å². The van der Waals surface area contributed by atoms with Gasteiger partial charge in [0.15, 0.2) is 0 Å². The van der Waals surface area contributed by atoms with Crippen molar-refractivity contribution in [3.05, 3.63) is 0 Å². The molecule has 3 N–H and O–H groups in total. The maximum atomic E-state index is 11.1. The molecule has 100 valence electrons. The molecule has 1 amide bonds. The number of likely N-dealkylation sites (tertiary alicyclic amines) is 1. The summed E-state index contributed by atoms with van der Waals surface area (Å²) in [4.78, 5) is 13.5. The Bertz CT molecular complexity index is 247. The van der Waals surface area contributed by atoms with Crippen LogP contribution in [0.3, 0.4) is 0 Å². The van der Waals surface area contributed by atoms with E-state index in [1.807, 2.05) is 0 Å². The molecule has 1 aliphatic heterocycles. The summed E-state index contributed by atoms with van der Waals surface area (Å²) in [5.74, 6) is -0.247. The van der Waals surface area contributed by atoms with E-state index >= 15 is 0 Å². The average molecular weight is 241 g/mol. The highest BCUT2D eigenvalue weighted by molar-refractivity contribution is 5.79. The van der Waals surface area contributed by atoms with Gasteiger partial charge in [0.25, 0.3) is 0 Å². The highest BCUT2D eigenvalue weighted by atomic mass is 16.1. The minimum Gasteiger partial charge on any atom is -0.368 e. The molecule has 0 aromatic carbocycles. The second kappa shape index (κ2) is 6.36. The van der Waals surface area contributed by atoms with Crippen LogP contribution in [-0.2, 0) is 4.79 Å². The predicted molar refractivity (Wildman–Crippen MR) is 70.7 cm³/mol. The fraction of sp³-hybridized carbons (Fsp3) is 0.923. The summed E-state index contributed by atoms with van der Waals surface area (Å²) in [5, 5.41) is 2.97. The van der Waals surface area contributed by atoms with Gasteiger partial charge >= 0.3 is 0 Å². The van der Waals surface area contributed by atoms with E-state index in [9.17, 15) is 4.79 Å². The van der Waals surface area contributed by atoms with Crippen molar-refractivity contribution in [3.63, 3.8) is 0 Å². The monoisotopic (exact) mass is 241 g/mol. The van der Waals surface area contributed by atoms with Crippen LogP contribution < -0.4 is 11.1 Å². The fourth-order valence-corrected chi connectivity index (χ4v) is 2.41. The standard InChI is InChI=1S/C13H27N3O/c1-4-13(2)6-9-16(10-7-13)8-5-11(15-3)12(14)17/h11,15H,4-10H2,1-3H3,(H2,14,17). The fourth-order valence-electron chi connectivity index (χ4n) is 2.41. The first kappa shape index (κ1) is 14.5. The van der Waals surface area contributed by atoms with Gasteiger partial charge in [-0.2, -0.15) is 0 Å². The number of primary amides is 1. The Morgan fingerprint density at radius 1 is 1.47 bits per heavy atom. The molecule has 0 aromatic heterocycles. The number of nitrogens with one attached hydrogen (secondary N) is 1. The van der Waals surface area contributed by atoms with Crippen molar-refractivity contribution >= 4 is 5.91 Å². The van der Waals surface area contributed by atoms with Crippen LogP contribution in [0.15, 0.2) is 0 Å². The largest absolute Gasteiger partial charge is 0.368 e. The number of amides is 1. The molecule has 1 unspecified atom stereocenters. The first-order chi connectivity index (χ1) is 8.00. The van der Waals surface area contributed by atoms with E-state index in [-0.39, 0.29) is 11.9 Å². The molecule has 1 atom stereocenters. The molecule has 4 nitrogen and oxygen atoms in total. The van der Waals surface area contributed by atoms with Crippen LogP contribution in [0, 0.1) is 5.41 Å². The van der Waals surface area contributed by atoms with Crippen LogP contribution in [-0.4, -0.2) is 43.5 Å². The summed E-state index contributed by atoms with van der Waals surface area (Å²) in [7, 11) is 1.79. The maximum absolute atomic E-state index is 11.1. The van der Waals surface area contributed by atoms with Crippen LogP contribution in [0.2, 0.25) is 0 Å². The lowest BCUT2D eigenvalue weighted by Gasteiger charge is -2.39. The summed E-state index contributed by atoms with van der Waals surface area (Å²) in [6.45, 7) is 7.93. The molecule has 0 spiro atoms. The third kappa shape index (κ3) is 4.28. The average Bonchev–Trinajstić information content (AvgIpc) is 2.32. The Hall–Kier alpha value is -0.610. The van der Waals surface area contributed by atoms with Gasteiger partial charge in [0.05, 0.1) is 6.04 Å². The molecular weight excluding hydrogens is 214 g/mol. The number of likely N-dealkylation sites (N-methyl/N-ethyl adjacent to an activating group) is 1. The second-order valence-corrected chi connectivity index (χ2v) is 5.54. The van der Waals surface area contributed by atoms with E-state index in [1.54, 1.807) is 7.05 Å². The SMILES string of the molecule is CCC1(C)CCN(CCC(NC)C(N)=O)CC1. The molecule has 4 heteroatoms. The zero-order valence-electron chi connectivity index (χ0n) is 11.5. The molecule has 0 bridgehead atoms. The van der Waals surface area contributed by atoms with Crippen molar-refractivity contribution in [3.8, 4) is 0 Å². The third-order valence-electron chi connectivity index (χ3n) is 4.34. The Labute approximate surface area is 105 Å². The minimum absolute atomic E-state index is 0.186. The van der Waals surface area contributed by atoms with E-state index in [0.717, 1.165) is 26.1 Å². The van der Waals surface area contributed by atoms with Crippen molar-refractivity contribution in [2.45, 2.75) is 45.6 Å². The van der Waals surface area contributed by atoms with Crippen molar-refractivity contribution in [2.75, 3.05) is 26.7 Å². The summed E-state index contributed by atoms with van der Waals surface area (Å²) < 4.78 is 0. The van der Waals surface area contributed by atoms with Crippen LogP contribution in [0.25, 0.3) is 0 Å². The van der Waals surface area contributed by atoms with Crippen molar-refractivity contribution < 1.29 is 4.79 Å². The number of nitrogens with zero attached hydrogens (tertiary/aromatic N) is 1. The van der Waals surface area contributed by atoms with Crippen LogP contribution in [0.4, 0.5) is 0 Å². The summed E-state index contributed by atoms with van der Waals surface area (Å²) in [5.41, 5.74) is 5.84. The number of hydrogen-bond donors (Lipinski definition) is 2. The predicted octanol–water partition coefficient (Wildman–Crippen LogP) is 0.962. The van der Waals surface area contributed by atoms with Crippen molar-refractivity contribution in [1.82, 2.24) is 10.2 Å². The molecule has 0 aromatic rings. The smallest absolute Gasteiger partial charge is 0.234 e. The van der Waals surface area contributed by atoms with Gasteiger partial charge in [-0.3, -0.25) is 4.79 Å². The van der Waals surface area contributed by atoms with Crippen molar-refractivity contribution in [1.29, 1.82) is 0 Å². The Morgan fingerprint density at radius 2 is 2.06 bits per heavy atom. The molecule has 1 rings (SSSR count). The van der Waals surface area contributed by atoms with Gasteiger partial charge in [0.2, 0.25) is 5.91 Å². The molecule has 1 aliphatic rings. The molecular formula is C13H27N3O. The quantitative estimate of drug-likeness (QED) is 0.728. The molecule has 1 fully saturated rings. The highest BCUT2D eigenvalue weighted by Crippen LogP contribution is 2.33. The molecule has 1 heterocycles. The zero-order valence-corrected chi connectivity index (χ0v) is 11.5. The summed E-state index contributed by atoms with van der Waals surface area (Å²) >= 11 is 0. The van der Waals surface area contributed by atoms with Gasteiger partial charge in [0, 0.05) is 6.54 Å². The lowest BCUT2D eigenvalue weighted by atomic mass is 9.78. The molecule has 17 heavy (non-hydrogen) atoms. The van der Waals surface area contributed by atoms with Crippen LogP contribution in [0.5, 0.6) is 0 Å². The second-order valence-electron chi connectivity index (χ2n) is 5.54. The molecule has 0 saturated carbocycles. The van der Waals surface area contributed by atoms with Gasteiger partial charge in [-0.25, -0.2) is 0 Å². The zero-order chi connectivity index (χ0) is 12.9. The topological polar surface area (TPSA) is 58.4 Å². The minimum atomic E-state index is -0.247. The molecule has 1 saturated heterocycles. The van der Waals surface area contributed by atoms with Crippen LogP contribution in [0.1, 0.15) is 39.5 Å². The lowest BCUT2D eigenvalue weighted by molar-refractivity contribution is -0.120. The molecule has 0 aliphatic carbocycles. The summed E-state index contributed by atoms with van der Waals surface area (Å²) in [6.07, 6.45) is 4.62. The van der Waals surface area contributed by atoms with E-state index < -0.39 is 0 Å². The van der Waals surface area contributed by atoms with Crippen LogP contribution >= 0.6 is 0 Å². The lowest BCUT2D eigenvalue weighted by Crippen LogP contribution is -2.44. The number of hydrogen-bond acceptors (Lipinski definition) is 3. The van der Waals surface area contributed by atoms with Gasteiger partial charge < -0.3 is 16.0 Å². The van der Waals surface area contributed by atoms with E-state index in [4.69, 9.17) is 5.73 Å².